The molecule has 0 heterocycles. The van der Waals surface area contributed by atoms with Crippen LogP contribution in [-0.2, 0) is 0 Å². The van der Waals surface area contributed by atoms with Crippen LogP contribution in [0.2, 0.25) is 0 Å². The zero-order valence-electron chi connectivity index (χ0n) is 6.49. The third kappa shape index (κ3) is 1.99. The molecular weight excluding hydrogens is 172 g/mol. The summed E-state index contributed by atoms with van der Waals surface area (Å²) in [4.78, 5) is 0. The van der Waals surface area contributed by atoms with Crippen LogP contribution in [0.5, 0.6) is 0 Å². The van der Waals surface area contributed by atoms with E-state index in [0.717, 1.165) is 0 Å². The third-order valence-electron chi connectivity index (χ3n) is 2.16. The van der Waals surface area contributed by atoms with Crippen molar-refractivity contribution >= 4 is 0 Å². The van der Waals surface area contributed by atoms with E-state index in [-0.39, 0.29) is 18.4 Å². The molecule has 0 spiro atoms. The van der Waals surface area contributed by atoms with Crippen LogP contribution in [0.25, 0.3) is 0 Å². The van der Waals surface area contributed by atoms with Gasteiger partial charge in [-0.1, -0.05) is 12.2 Å². The van der Waals surface area contributed by atoms with Crippen molar-refractivity contribution in [1.29, 1.82) is 0 Å². The summed E-state index contributed by atoms with van der Waals surface area (Å²) in [5.74, 6) is -1.62. The zero-order valence-corrected chi connectivity index (χ0v) is 6.49. The van der Waals surface area contributed by atoms with Crippen LogP contribution in [0.1, 0.15) is 19.3 Å². The molecule has 0 bridgehead atoms. The van der Waals surface area contributed by atoms with Crippen molar-refractivity contribution in [3.8, 4) is 0 Å². The van der Waals surface area contributed by atoms with E-state index in [0.29, 0.717) is 0 Å². The van der Waals surface area contributed by atoms with Crippen molar-refractivity contribution in [1.82, 2.24) is 0 Å². The van der Waals surface area contributed by atoms with Crippen LogP contribution < -0.4 is 0 Å². The van der Waals surface area contributed by atoms with Gasteiger partial charge in [0.1, 0.15) is 6.17 Å². The standard InChI is InChI=1S/C8H10F4/c1-5-2-3-6(9)4-7(5)8(10,11)12/h6-7H,1-4H2. The van der Waals surface area contributed by atoms with Crippen LogP contribution in [0.15, 0.2) is 12.2 Å². The quantitative estimate of drug-likeness (QED) is 0.398. The molecule has 1 aliphatic carbocycles. The molecule has 0 saturated heterocycles. The molecule has 0 aromatic carbocycles. The Hall–Kier alpha value is -0.540. The predicted molar refractivity (Wildman–Crippen MR) is 37.4 cm³/mol. The molecule has 0 aromatic heterocycles. The molecule has 0 amide bonds. The van der Waals surface area contributed by atoms with Gasteiger partial charge in [-0.2, -0.15) is 13.2 Å². The van der Waals surface area contributed by atoms with Gasteiger partial charge in [-0.15, -0.1) is 0 Å². The van der Waals surface area contributed by atoms with E-state index in [9.17, 15) is 17.6 Å². The minimum absolute atomic E-state index is 0.122. The average Bonchev–Trinajstić information content (AvgIpc) is 1.92. The Morgan fingerprint density at radius 2 is 1.92 bits per heavy atom. The summed E-state index contributed by atoms with van der Waals surface area (Å²) < 4.78 is 49.0. The van der Waals surface area contributed by atoms with Gasteiger partial charge in [0.2, 0.25) is 0 Å². The van der Waals surface area contributed by atoms with Crippen molar-refractivity contribution in [2.75, 3.05) is 0 Å². The molecule has 0 radical (unpaired) electrons. The van der Waals surface area contributed by atoms with E-state index in [1.165, 1.54) is 0 Å². The first-order chi connectivity index (χ1) is 5.41. The molecule has 1 aliphatic rings. The number of hydrogen-bond donors (Lipinski definition) is 0. The Labute approximate surface area is 68.3 Å². The van der Waals surface area contributed by atoms with Crippen molar-refractivity contribution in [2.24, 2.45) is 5.92 Å². The van der Waals surface area contributed by atoms with E-state index in [2.05, 4.69) is 6.58 Å². The van der Waals surface area contributed by atoms with Gasteiger partial charge in [-0.05, 0) is 19.3 Å². The molecule has 4 heteroatoms. The number of rotatable bonds is 0. The van der Waals surface area contributed by atoms with Crippen molar-refractivity contribution < 1.29 is 17.6 Å². The summed E-state index contributed by atoms with van der Waals surface area (Å²) in [5, 5.41) is 0. The minimum atomic E-state index is -4.32. The summed E-state index contributed by atoms with van der Waals surface area (Å²) in [6, 6.07) is 0. The Kier molecular flexibility index (Phi) is 2.44. The summed E-state index contributed by atoms with van der Waals surface area (Å²) in [7, 11) is 0. The Balaban J connectivity index is 2.68. The number of hydrogen-bond acceptors (Lipinski definition) is 0. The number of allylic oxidation sites excluding steroid dienone is 1. The lowest BCUT2D eigenvalue weighted by Crippen LogP contribution is -2.30. The van der Waals surface area contributed by atoms with Crippen LogP contribution in [0, 0.1) is 5.92 Å². The highest BCUT2D eigenvalue weighted by molar-refractivity contribution is 5.07. The van der Waals surface area contributed by atoms with E-state index >= 15 is 0 Å². The Bertz CT molecular complexity index is 182. The normalized spacial score (nSPS) is 32.2. The predicted octanol–water partition coefficient (Wildman–Crippen LogP) is 3.24. The molecule has 0 nitrogen and oxygen atoms in total. The molecular formula is C8H10F4. The fourth-order valence-corrected chi connectivity index (χ4v) is 1.42. The van der Waals surface area contributed by atoms with Crippen LogP contribution in [-0.4, -0.2) is 12.3 Å². The monoisotopic (exact) mass is 182 g/mol. The van der Waals surface area contributed by atoms with Gasteiger partial charge in [0.25, 0.3) is 0 Å². The van der Waals surface area contributed by atoms with Gasteiger partial charge in [-0.25, -0.2) is 4.39 Å². The maximum absolute atomic E-state index is 12.6. The second kappa shape index (κ2) is 3.07. The number of halogens is 4. The van der Waals surface area contributed by atoms with Crippen LogP contribution in [0.4, 0.5) is 17.6 Å². The highest BCUT2D eigenvalue weighted by Crippen LogP contribution is 2.41. The summed E-state index contributed by atoms with van der Waals surface area (Å²) in [6.07, 6.45) is -5.73. The second-order valence-electron chi connectivity index (χ2n) is 3.12. The highest BCUT2D eigenvalue weighted by atomic mass is 19.4. The Morgan fingerprint density at radius 1 is 1.33 bits per heavy atom. The maximum atomic E-state index is 12.6. The first-order valence-corrected chi connectivity index (χ1v) is 3.79. The molecule has 12 heavy (non-hydrogen) atoms. The van der Waals surface area contributed by atoms with E-state index in [1.54, 1.807) is 0 Å². The van der Waals surface area contributed by atoms with Gasteiger partial charge >= 0.3 is 6.18 Å². The molecule has 2 unspecified atom stereocenters. The molecule has 1 fully saturated rings. The van der Waals surface area contributed by atoms with Crippen molar-refractivity contribution in [2.45, 2.75) is 31.6 Å². The molecule has 0 N–H and O–H groups in total. The van der Waals surface area contributed by atoms with Gasteiger partial charge < -0.3 is 0 Å². The van der Waals surface area contributed by atoms with E-state index in [1.807, 2.05) is 0 Å². The highest BCUT2D eigenvalue weighted by Gasteiger charge is 2.44. The van der Waals surface area contributed by atoms with Crippen molar-refractivity contribution in [3.05, 3.63) is 12.2 Å². The minimum Gasteiger partial charge on any atom is -0.247 e. The van der Waals surface area contributed by atoms with E-state index in [4.69, 9.17) is 0 Å². The first kappa shape index (κ1) is 9.55. The zero-order chi connectivity index (χ0) is 9.35. The van der Waals surface area contributed by atoms with Crippen LogP contribution >= 0.6 is 0 Å². The van der Waals surface area contributed by atoms with Gasteiger partial charge in [0.05, 0.1) is 5.92 Å². The molecule has 0 aromatic rings. The smallest absolute Gasteiger partial charge is 0.247 e. The van der Waals surface area contributed by atoms with Gasteiger partial charge in [0, 0.05) is 0 Å². The average molecular weight is 182 g/mol. The number of alkyl halides is 4. The Morgan fingerprint density at radius 3 is 2.33 bits per heavy atom. The first-order valence-electron chi connectivity index (χ1n) is 3.79. The maximum Gasteiger partial charge on any atom is 0.395 e. The summed E-state index contributed by atoms with van der Waals surface area (Å²) >= 11 is 0. The SMILES string of the molecule is C=C1CCC(F)CC1C(F)(F)F. The fourth-order valence-electron chi connectivity index (χ4n) is 1.42. The summed E-state index contributed by atoms with van der Waals surface area (Å²) in [6.45, 7) is 3.31. The fraction of sp³-hybridized carbons (Fsp3) is 0.750. The third-order valence-corrected chi connectivity index (χ3v) is 2.16. The largest absolute Gasteiger partial charge is 0.395 e. The van der Waals surface area contributed by atoms with Gasteiger partial charge in [-0.3, -0.25) is 0 Å². The molecule has 1 saturated carbocycles. The summed E-state index contributed by atoms with van der Waals surface area (Å²) in [5.41, 5.74) is 0.122. The lowest BCUT2D eigenvalue weighted by atomic mass is 9.84. The second-order valence-corrected chi connectivity index (χ2v) is 3.12. The van der Waals surface area contributed by atoms with E-state index < -0.39 is 24.7 Å². The van der Waals surface area contributed by atoms with Crippen LogP contribution in [0.3, 0.4) is 0 Å². The molecule has 1 rings (SSSR count). The molecule has 2 atom stereocenters. The molecule has 70 valence electrons. The lowest BCUT2D eigenvalue weighted by Gasteiger charge is -2.28. The lowest BCUT2D eigenvalue weighted by molar-refractivity contribution is -0.172. The van der Waals surface area contributed by atoms with Gasteiger partial charge in [0.15, 0.2) is 0 Å². The topological polar surface area (TPSA) is 0 Å². The molecule has 0 aliphatic heterocycles. The van der Waals surface area contributed by atoms with Crippen molar-refractivity contribution in [3.63, 3.8) is 0 Å².